The Morgan fingerprint density at radius 1 is 1.22 bits per heavy atom. The fourth-order valence-corrected chi connectivity index (χ4v) is 3.44. The summed E-state index contributed by atoms with van der Waals surface area (Å²) in [5.41, 5.74) is 2.08. The first-order chi connectivity index (χ1) is 13.0. The van der Waals surface area contributed by atoms with Gasteiger partial charge in [-0.1, -0.05) is 18.2 Å². The van der Waals surface area contributed by atoms with Crippen molar-refractivity contribution in [2.75, 3.05) is 6.79 Å². The first-order valence-electron chi connectivity index (χ1n) is 8.01. The first-order valence-corrected chi connectivity index (χ1v) is 8.82. The number of carboxylic acid groups (broad SMARTS) is 1. The molecule has 4 rings (SSSR count). The largest absolute Gasteiger partial charge is 0.545 e. The van der Waals surface area contributed by atoms with E-state index >= 15 is 0 Å². The number of fused-ring (bicyclic) bond motifs is 1. The third-order valence-corrected chi connectivity index (χ3v) is 4.92. The lowest BCUT2D eigenvalue weighted by atomic mass is 10.1. The molecular weight excluding hydrogens is 368 g/mol. The van der Waals surface area contributed by atoms with Gasteiger partial charge in [-0.3, -0.25) is 4.79 Å². The Bertz CT molecular complexity index is 1030. The molecule has 0 atom stereocenters. The number of aryl methyl sites for hydroxylation is 1. The molecule has 2 aliphatic heterocycles. The Balaban J connectivity index is 1.60. The number of amidine groups is 1. The molecule has 0 unspecified atom stereocenters. The van der Waals surface area contributed by atoms with E-state index in [0.29, 0.717) is 27.3 Å². The highest BCUT2D eigenvalue weighted by molar-refractivity contribution is 8.18. The van der Waals surface area contributed by atoms with Crippen molar-refractivity contribution >= 4 is 40.6 Å². The van der Waals surface area contributed by atoms with Crippen LogP contribution in [-0.4, -0.2) is 23.8 Å². The molecule has 1 fully saturated rings. The molecule has 2 aromatic rings. The monoisotopic (exact) mass is 381 g/mol. The Hall–Kier alpha value is -3.26. The van der Waals surface area contributed by atoms with Crippen molar-refractivity contribution in [3.8, 4) is 11.5 Å². The van der Waals surface area contributed by atoms with E-state index < -0.39 is 5.97 Å². The van der Waals surface area contributed by atoms with Gasteiger partial charge in [0.15, 0.2) is 16.7 Å². The number of amides is 1. The summed E-state index contributed by atoms with van der Waals surface area (Å²) in [5, 5.41) is 14.1. The topological polar surface area (TPSA) is 100 Å². The van der Waals surface area contributed by atoms with Crippen LogP contribution in [0.5, 0.6) is 11.5 Å². The van der Waals surface area contributed by atoms with Crippen molar-refractivity contribution in [1.29, 1.82) is 0 Å². The van der Waals surface area contributed by atoms with Gasteiger partial charge in [0, 0.05) is 0 Å². The molecule has 1 saturated heterocycles. The second-order valence-electron chi connectivity index (χ2n) is 5.88. The molecule has 7 nitrogen and oxygen atoms in total. The zero-order valence-electron chi connectivity index (χ0n) is 14.1. The molecule has 8 heteroatoms. The Labute approximate surface area is 158 Å². The summed E-state index contributed by atoms with van der Waals surface area (Å²) in [7, 11) is 0. The van der Waals surface area contributed by atoms with Gasteiger partial charge in [0.2, 0.25) is 6.79 Å². The maximum Gasteiger partial charge on any atom is 0.264 e. The molecule has 2 aromatic carbocycles. The summed E-state index contributed by atoms with van der Waals surface area (Å²) >= 11 is 1.18. The van der Waals surface area contributed by atoms with E-state index in [1.54, 1.807) is 24.3 Å². The summed E-state index contributed by atoms with van der Waals surface area (Å²) in [6.07, 6.45) is 1.73. The smallest absolute Gasteiger partial charge is 0.264 e. The molecule has 0 aliphatic carbocycles. The van der Waals surface area contributed by atoms with Crippen LogP contribution >= 0.6 is 11.8 Å². The van der Waals surface area contributed by atoms with Crippen molar-refractivity contribution in [3.63, 3.8) is 0 Å². The van der Waals surface area contributed by atoms with Crippen LogP contribution < -0.4 is 19.9 Å². The van der Waals surface area contributed by atoms with E-state index in [9.17, 15) is 14.7 Å². The number of carbonyl (C=O) groups excluding carboxylic acids is 2. The van der Waals surface area contributed by atoms with Crippen LogP contribution in [0.25, 0.3) is 6.08 Å². The molecule has 136 valence electrons. The summed E-state index contributed by atoms with van der Waals surface area (Å²) in [6.45, 7) is 1.99. The SMILES string of the molecule is Cc1ccc(C(=O)[O-])cc1N=C1NC(=O)/C(=C/c2ccc3c(c2)OCO3)S1. The van der Waals surface area contributed by atoms with Crippen LogP contribution in [-0.2, 0) is 4.79 Å². The van der Waals surface area contributed by atoms with E-state index in [-0.39, 0.29) is 18.3 Å². The lowest BCUT2D eigenvalue weighted by Gasteiger charge is -2.06. The normalized spacial score (nSPS) is 18.2. The average molecular weight is 381 g/mol. The van der Waals surface area contributed by atoms with Crippen LogP contribution in [0, 0.1) is 6.92 Å². The van der Waals surface area contributed by atoms with Crippen LogP contribution in [0.1, 0.15) is 21.5 Å². The Morgan fingerprint density at radius 2 is 2.04 bits per heavy atom. The van der Waals surface area contributed by atoms with E-state index in [0.717, 1.165) is 11.1 Å². The van der Waals surface area contributed by atoms with Crippen molar-refractivity contribution in [1.82, 2.24) is 5.32 Å². The molecule has 1 amide bonds. The van der Waals surface area contributed by atoms with Crippen molar-refractivity contribution in [2.45, 2.75) is 6.92 Å². The molecule has 1 N–H and O–H groups in total. The van der Waals surface area contributed by atoms with Crippen LogP contribution in [0.3, 0.4) is 0 Å². The third-order valence-electron chi connectivity index (χ3n) is 4.01. The molecule has 27 heavy (non-hydrogen) atoms. The maximum absolute atomic E-state index is 12.2. The van der Waals surface area contributed by atoms with Crippen LogP contribution in [0.4, 0.5) is 5.69 Å². The number of hydrogen-bond donors (Lipinski definition) is 1. The molecule has 2 heterocycles. The van der Waals surface area contributed by atoms with E-state index in [1.807, 2.05) is 13.0 Å². The number of benzene rings is 2. The third kappa shape index (κ3) is 3.52. The molecule has 2 aliphatic rings. The van der Waals surface area contributed by atoms with Crippen molar-refractivity contribution in [2.24, 2.45) is 4.99 Å². The zero-order chi connectivity index (χ0) is 19.0. The Kier molecular flexibility index (Phi) is 4.33. The quantitative estimate of drug-likeness (QED) is 0.816. The van der Waals surface area contributed by atoms with Crippen LogP contribution in [0.2, 0.25) is 0 Å². The molecule has 0 saturated carbocycles. The van der Waals surface area contributed by atoms with Gasteiger partial charge >= 0.3 is 0 Å². The lowest BCUT2D eigenvalue weighted by molar-refractivity contribution is -0.255. The second-order valence-corrected chi connectivity index (χ2v) is 6.91. The number of carboxylic acids is 1. The summed E-state index contributed by atoms with van der Waals surface area (Å²) < 4.78 is 10.6. The van der Waals surface area contributed by atoms with E-state index in [4.69, 9.17) is 9.47 Å². The van der Waals surface area contributed by atoms with Gasteiger partial charge in [0.25, 0.3) is 5.91 Å². The molecule has 0 aromatic heterocycles. The molecular formula is C19H13N2O5S-. The zero-order valence-corrected chi connectivity index (χ0v) is 15.0. The number of aliphatic imine (C=N–C) groups is 1. The number of carbonyl (C=O) groups is 2. The summed E-state index contributed by atoms with van der Waals surface area (Å²) in [4.78, 5) is 28.1. The van der Waals surface area contributed by atoms with Gasteiger partial charge in [-0.15, -0.1) is 0 Å². The highest BCUT2D eigenvalue weighted by Gasteiger charge is 2.24. The maximum atomic E-state index is 12.2. The standard InChI is InChI=1S/C19H14N2O5S/c1-10-2-4-12(18(23)24)8-13(10)20-19-21-17(22)16(27-19)7-11-3-5-14-15(6-11)26-9-25-14/h2-8H,9H2,1H3,(H,23,24)(H,20,21,22)/p-1/b16-7-. The minimum Gasteiger partial charge on any atom is -0.545 e. The summed E-state index contributed by atoms with van der Waals surface area (Å²) in [5.74, 6) is -0.240. The fraction of sp³-hybridized carbons (Fsp3) is 0.105. The van der Waals surface area contributed by atoms with Crippen molar-refractivity contribution < 1.29 is 24.2 Å². The number of thioether (sulfide) groups is 1. The second kappa shape index (κ2) is 6.81. The number of hydrogen-bond acceptors (Lipinski definition) is 7. The van der Waals surface area contributed by atoms with Crippen LogP contribution in [0.15, 0.2) is 46.3 Å². The number of aromatic carboxylic acids is 1. The van der Waals surface area contributed by atoms with Gasteiger partial charge in [-0.25, -0.2) is 4.99 Å². The first kappa shape index (κ1) is 17.2. The minimum atomic E-state index is -1.28. The van der Waals surface area contributed by atoms with E-state index in [1.165, 1.54) is 23.9 Å². The summed E-state index contributed by atoms with van der Waals surface area (Å²) in [6, 6.07) is 9.94. The minimum absolute atomic E-state index is 0.0328. The highest BCUT2D eigenvalue weighted by atomic mass is 32.2. The number of rotatable bonds is 3. The molecule has 0 spiro atoms. The number of nitrogens with zero attached hydrogens (tertiary/aromatic N) is 1. The fourth-order valence-electron chi connectivity index (χ4n) is 2.60. The average Bonchev–Trinajstić information content (AvgIpc) is 3.23. The van der Waals surface area contributed by atoms with Crippen molar-refractivity contribution in [3.05, 3.63) is 58.0 Å². The Morgan fingerprint density at radius 3 is 2.85 bits per heavy atom. The van der Waals surface area contributed by atoms with Gasteiger partial charge < -0.3 is 24.7 Å². The lowest BCUT2D eigenvalue weighted by Crippen LogP contribution is -2.22. The highest BCUT2D eigenvalue weighted by Crippen LogP contribution is 2.35. The molecule has 0 bridgehead atoms. The van der Waals surface area contributed by atoms with Gasteiger partial charge in [-0.2, -0.15) is 0 Å². The number of ether oxygens (including phenoxy) is 2. The molecule has 0 radical (unpaired) electrons. The predicted molar refractivity (Wildman–Crippen MR) is 98.9 cm³/mol. The van der Waals surface area contributed by atoms with Gasteiger partial charge in [0.05, 0.1) is 16.6 Å². The van der Waals surface area contributed by atoms with Gasteiger partial charge in [0.1, 0.15) is 0 Å². The predicted octanol–water partition coefficient (Wildman–Crippen LogP) is 1.98. The van der Waals surface area contributed by atoms with E-state index in [2.05, 4.69) is 10.3 Å². The van der Waals surface area contributed by atoms with Gasteiger partial charge in [-0.05, 0) is 59.7 Å². The number of nitrogens with one attached hydrogen (secondary N) is 1.